The van der Waals surface area contributed by atoms with E-state index in [1.807, 2.05) is 0 Å². The maximum atomic E-state index is 12.8. The maximum absolute atomic E-state index is 12.8. The van der Waals surface area contributed by atoms with E-state index >= 15 is 0 Å². The first kappa shape index (κ1) is 65.6. The fourth-order valence-electron chi connectivity index (χ4n) is 8.05. The summed E-state index contributed by atoms with van der Waals surface area (Å²) >= 11 is 0. The Morgan fingerprint density at radius 2 is 0.565 bits per heavy atom. The third kappa shape index (κ3) is 55.4. The molecule has 69 heavy (non-hydrogen) atoms. The van der Waals surface area contributed by atoms with Gasteiger partial charge in [0.1, 0.15) is 13.2 Å². The first-order valence-corrected chi connectivity index (χ1v) is 29.1. The van der Waals surface area contributed by atoms with E-state index in [-0.39, 0.29) is 31.1 Å². The molecule has 0 aromatic carbocycles. The normalized spacial score (nSPS) is 12.7. The van der Waals surface area contributed by atoms with Crippen LogP contribution < -0.4 is 0 Å². The lowest BCUT2D eigenvalue weighted by Gasteiger charge is -2.18. The predicted octanol–water partition coefficient (Wildman–Crippen LogP) is 19.5. The van der Waals surface area contributed by atoms with Gasteiger partial charge in [-0.3, -0.25) is 14.4 Å². The van der Waals surface area contributed by atoms with Crippen LogP contribution >= 0.6 is 0 Å². The molecule has 0 heterocycles. The number of unbranched alkanes of at least 4 members (excludes halogenated alkanes) is 27. The Hall–Kier alpha value is -3.41. The average Bonchev–Trinajstić information content (AvgIpc) is 3.35. The fraction of sp³-hybridized carbons (Fsp3) is 0.730. The minimum Gasteiger partial charge on any atom is -0.462 e. The van der Waals surface area contributed by atoms with Crippen LogP contribution in [0.25, 0.3) is 0 Å². The van der Waals surface area contributed by atoms with Crippen molar-refractivity contribution in [1.29, 1.82) is 0 Å². The Bertz CT molecular complexity index is 1330. The van der Waals surface area contributed by atoms with Gasteiger partial charge in [-0.2, -0.15) is 0 Å². The van der Waals surface area contributed by atoms with Crippen molar-refractivity contribution in [2.24, 2.45) is 0 Å². The van der Waals surface area contributed by atoms with Crippen molar-refractivity contribution in [2.45, 2.75) is 284 Å². The van der Waals surface area contributed by atoms with E-state index < -0.39 is 6.10 Å². The van der Waals surface area contributed by atoms with Crippen LogP contribution in [0, 0.1) is 0 Å². The van der Waals surface area contributed by atoms with Gasteiger partial charge in [-0.1, -0.05) is 234 Å². The molecule has 0 unspecified atom stereocenters. The molecule has 0 N–H and O–H groups in total. The summed E-state index contributed by atoms with van der Waals surface area (Å²) in [5.41, 5.74) is 0. The van der Waals surface area contributed by atoms with Gasteiger partial charge in [0.25, 0.3) is 0 Å². The number of hydrogen-bond donors (Lipinski definition) is 0. The summed E-state index contributed by atoms with van der Waals surface area (Å²) in [6.07, 6.45) is 74.3. The van der Waals surface area contributed by atoms with E-state index in [0.717, 1.165) is 135 Å². The molecule has 1 atom stereocenters. The second-order valence-electron chi connectivity index (χ2n) is 19.1. The van der Waals surface area contributed by atoms with Crippen LogP contribution in [-0.2, 0) is 28.6 Å². The quantitative estimate of drug-likeness (QED) is 0.0262. The molecule has 0 aliphatic rings. The highest BCUT2D eigenvalue weighted by Gasteiger charge is 2.19. The summed E-state index contributed by atoms with van der Waals surface area (Å²) in [4.78, 5) is 38.2. The van der Waals surface area contributed by atoms with Crippen LogP contribution in [-0.4, -0.2) is 37.2 Å². The number of carbonyl (C=O) groups excluding carboxylic acids is 3. The molecule has 0 rings (SSSR count). The summed E-state index contributed by atoms with van der Waals surface area (Å²) in [7, 11) is 0. The van der Waals surface area contributed by atoms with E-state index in [9.17, 15) is 14.4 Å². The summed E-state index contributed by atoms with van der Waals surface area (Å²) < 4.78 is 16.9. The van der Waals surface area contributed by atoms with Crippen molar-refractivity contribution in [3.05, 3.63) is 85.1 Å². The molecule has 0 aliphatic heterocycles. The van der Waals surface area contributed by atoms with Gasteiger partial charge in [0.05, 0.1) is 0 Å². The summed E-state index contributed by atoms with van der Waals surface area (Å²) in [6, 6.07) is 0. The topological polar surface area (TPSA) is 78.9 Å². The van der Waals surface area contributed by atoms with Gasteiger partial charge in [0.15, 0.2) is 6.10 Å². The molecule has 6 heteroatoms. The van der Waals surface area contributed by atoms with Crippen LogP contribution in [0.5, 0.6) is 0 Å². The number of hydrogen-bond acceptors (Lipinski definition) is 6. The highest BCUT2D eigenvalue weighted by molar-refractivity contribution is 5.71. The lowest BCUT2D eigenvalue weighted by atomic mass is 10.0. The minimum absolute atomic E-state index is 0.0892. The van der Waals surface area contributed by atoms with Gasteiger partial charge >= 0.3 is 17.9 Å². The largest absolute Gasteiger partial charge is 0.462 e. The van der Waals surface area contributed by atoms with Crippen molar-refractivity contribution in [3.63, 3.8) is 0 Å². The van der Waals surface area contributed by atoms with Crippen molar-refractivity contribution < 1.29 is 28.6 Å². The van der Waals surface area contributed by atoms with E-state index in [4.69, 9.17) is 14.2 Å². The lowest BCUT2D eigenvalue weighted by Crippen LogP contribution is -2.30. The zero-order valence-electron chi connectivity index (χ0n) is 45.3. The first-order valence-electron chi connectivity index (χ1n) is 29.1. The van der Waals surface area contributed by atoms with Crippen molar-refractivity contribution in [3.8, 4) is 0 Å². The van der Waals surface area contributed by atoms with Gasteiger partial charge < -0.3 is 14.2 Å². The molecular weight excluding hydrogens is 853 g/mol. The van der Waals surface area contributed by atoms with Gasteiger partial charge in [0, 0.05) is 19.3 Å². The molecule has 396 valence electrons. The molecule has 0 amide bonds. The molecule has 0 aliphatic carbocycles. The summed E-state index contributed by atoms with van der Waals surface area (Å²) in [5, 5.41) is 0. The van der Waals surface area contributed by atoms with Crippen LogP contribution in [0.3, 0.4) is 0 Å². The summed E-state index contributed by atoms with van der Waals surface area (Å²) in [5.74, 6) is -0.919. The minimum atomic E-state index is -0.794. The Balaban J connectivity index is 4.38. The van der Waals surface area contributed by atoms with Gasteiger partial charge in [-0.15, -0.1) is 0 Å². The second-order valence-corrected chi connectivity index (χ2v) is 19.1. The fourth-order valence-corrected chi connectivity index (χ4v) is 8.05. The van der Waals surface area contributed by atoms with Crippen LogP contribution in [0.15, 0.2) is 85.1 Å². The molecule has 0 fully saturated rings. The molecular formula is C63H108O6. The van der Waals surface area contributed by atoms with Crippen LogP contribution in [0.2, 0.25) is 0 Å². The van der Waals surface area contributed by atoms with Crippen molar-refractivity contribution in [1.82, 2.24) is 0 Å². The Morgan fingerprint density at radius 3 is 0.899 bits per heavy atom. The molecule has 6 nitrogen and oxygen atoms in total. The third-order valence-corrected chi connectivity index (χ3v) is 12.4. The monoisotopic (exact) mass is 961 g/mol. The first-order chi connectivity index (χ1) is 34.0. The molecule has 0 aromatic rings. The molecule has 0 aromatic heterocycles. The Labute approximate surface area is 426 Å². The third-order valence-electron chi connectivity index (χ3n) is 12.4. The van der Waals surface area contributed by atoms with E-state index in [1.165, 1.54) is 103 Å². The zero-order valence-corrected chi connectivity index (χ0v) is 45.3. The molecule has 0 saturated carbocycles. The second kappa shape index (κ2) is 57.2. The molecule has 0 radical (unpaired) electrons. The van der Waals surface area contributed by atoms with Gasteiger partial charge in [0.2, 0.25) is 0 Å². The zero-order chi connectivity index (χ0) is 50.0. The molecule has 0 saturated heterocycles. The molecule has 0 bridgehead atoms. The predicted molar refractivity (Wildman–Crippen MR) is 297 cm³/mol. The van der Waals surface area contributed by atoms with Crippen LogP contribution in [0.4, 0.5) is 0 Å². The maximum Gasteiger partial charge on any atom is 0.306 e. The highest BCUT2D eigenvalue weighted by atomic mass is 16.6. The smallest absolute Gasteiger partial charge is 0.306 e. The van der Waals surface area contributed by atoms with Crippen LogP contribution in [0.1, 0.15) is 278 Å². The SMILES string of the molecule is CC/C=C\C/C=C\C/C=C\CCCCCCCC(=O)OC[C@H](COC(=O)CCCCCCCCCCCCC/C=C\CCCCCCCC)OC(=O)CCCCCCC/C=C\C/C=C\C/C=C\CC. The highest BCUT2D eigenvalue weighted by Crippen LogP contribution is 2.15. The molecule has 0 spiro atoms. The van der Waals surface area contributed by atoms with E-state index in [0.29, 0.717) is 19.3 Å². The summed E-state index contributed by atoms with van der Waals surface area (Å²) in [6.45, 7) is 6.40. The van der Waals surface area contributed by atoms with Crippen molar-refractivity contribution in [2.75, 3.05) is 13.2 Å². The number of ether oxygens (including phenoxy) is 3. The van der Waals surface area contributed by atoms with Gasteiger partial charge in [-0.25, -0.2) is 0 Å². The van der Waals surface area contributed by atoms with E-state index in [1.54, 1.807) is 0 Å². The average molecular weight is 962 g/mol. The number of allylic oxidation sites excluding steroid dienone is 14. The number of rotatable bonds is 52. The number of esters is 3. The Morgan fingerprint density at radius 1 is 0.304 bits per heavy atom. The Kier molecular flexibility index (Phi) is 54.3. The van der Waals surface area contributed by atoms with Gasteiger partial charge in [-0.05, 0) is 109 Å². The van der Waals surface area contributed by atoms with Crippen molar-refractivity contribution >= 4 is 17.9 Å². The number of carbonyl (C=O) groups is 3. The van der Waals surface area contributed by atoms with E-state index in [2.05, 4.69) is 106 Å². The lowest BCUT2D eigenvalue weighted by molar-refractivity contribution is -0.167. The standard InChI is InChI=1S/C63H108O6/c1-4-7-10-13-16-19-22-25-28-29-30-31-32-33-36-38-41-44-47-50-53-56-62(65)68-59-60(69-63(66)57-54-51-48-45-42-39-35-27-24-21-18-15-12-9-6-3)58-67-61(64)55-52-49-46-43-40-37-34-26-23-20-17-14-11-8-5-2/h8-9,11-12,17-18,20-21,25-28,34-35,60H,4-7,10,13-16,19,22-24,29-33,36-59H2,1-3H3/b11-8-,12-9-,20-17-,21-18-,28-25-,34-26-,35-27-/t60-/m1/s1.